The number of aryl methyl sites for hydroxylation is 2. The molecule has 0 aliphatic carbocycles. The van der Waals surface area contributed by atoms with Gasteiger partial charge in [-0.3, -0.25) is 4.68 Å². The van der Waals surface area contributed by atoms with Crippen molar-refractivity contribution in [1.29, 1.82) is 0 Å². The van der Waals surface area contributed by atoms with Crippen molar-refractivity contribution < 1.29 is 0 Å². The summed E-state index contributed by atoms with van der Waals surface area (Å²) >= 11 is 17.9. The Hall–Kier alpha value is -2.08. The lowest BCUT2D eigenvalue weighted by molar-refractivity contribution is 0.690. The molecule has 134 valence electrons. The van der Waals surface area contributed by atoms with Crippen LogP contribution >= 0.6 is 35.4 Å². The topological polar surface area (TPSA) is 41.9 Å². The van der Waals surface area contributed by atoms with E-state index in [4.69, 9.17) is 35.4 Å². The molecule has 1 aromatic heterocycles. The maximum Gasteiger partial charge on any atom is 0.176 e. The van der Waals surface area contributed by atoms with Gasteiger partial charge in [0.2, 0.25) is 0 Å². The van der Waals surface area contributed by atoms with E-state index >= 15 is 0 Å². The van der Waals surface area contributed by atoms with E-state index in [1.54, 1.807) is 10.9 Å². The molecule has 0 saturated heterocycles. The van der Waals surface area contributed by atoms with Crippen molar-refractivity contribution in [2.24, 2.45) is 0 Å². The maximum absolute atomic E-state index is 6.29. The molecular formula is C19H18Cl2N4S. The van der Waals surface area contributed by atoms with E-state index in [-0.39, 0.29) is 0 Å². The molecule has 0 aliphatic heterocycles. The molecule has 0 spiro atoms. The molecule has 0 aliphatic rings. The Kier molecular flexibility index (Phi) is 5.81. The molecule has 2 aromatic carbocycles. The highest BCUT2D eigenvalue weighted by atomic mass is 35.5. The zero-order chi connectivity index (χ0) is 18.7. The first-order chi connectivity index (χ1) is 12.4. The summed E-state index contributed by atoms with van der Waals surface area (Å²) in [6.07, 6.45) is 1.74. The van der Waals surface area contributed by atoms with Gasteiger partial charge in [0.15, 0.2) is 10.9 Å². The van der Waals surface area contributed by atoms with E-state index in [0.717, 1.165) is 22.4 Å². The summed E-state index contributed by atoms with van der Waals surface area (Å²) in [4.78, 5) is 0. The van der Waals surface area contributed by atoms with Crippen LogP contribution in [0.1, 0.15) is 16.7 Å². The Labute approximate surface area is 168 Å². The zero-order valence-electron chi connectivity index (χ0n) is 14.4. The van der Waals surface area contributed by atoms with Crippen molar-refractivity contribution >= 4 is 52.0 Å². The number of hydrogen-bond donors (Lipinski definition) is 2. The highest BCUT2D eigenvalue weighted by molar-refractivity contribution is 7.80. The van der Waals surface area contributed by atoms with Crippen LogP contribution in [0.5, 0.6) is 0 Å². The minimum Gasteiger partial charge on any atom is -0.332 e. The zero-order valence-corrected chi connectivity index (χ0v) is 16.7. The van der Waals surface area contributed by atoms with E-state index in [1.165, 1.54) is 0 Å². The van der Waals surface area contributed by atoms with Crippen LogP contribution in [0.2, 0.25) is 10.0 Å². The molecule has 7 heteroatoms. The molecule has 26 heavy (non-hydrogen) atoms. The summed E-state index contributed by atoms with van der Waals surface area (Å²) in [6.45, 7) is 4.59. The van der Waals surface area contributed by atoms with Crippen LogP contribution in [-0.4, -0.2) is 14.9 Å². The van der Waals surface area contributed by atoms with Gasteiger partial charge in [-0.15, -0.1) is 0 Å². The average Bonchev–Trinajstić information content (AvgIpc) is 2.92. The Bertz CT molecular complexity index is 952. The summed E-state index contributed by atoms with van der Waals surface area (Å²) in [5.74, 6) is 0.501. The lowest BCUT2D eigenvalue weighted by atomic mass is 10.1. The van der Waals surface area contributed by atoms with Gasteiger partial charge in [0.05, 0.1) is 6.54 Å². The minimum absolute atomic E-state index is 0.434. The third-order valence-corrected chi connectivity index (χ3v) is 4.73. The van der Waals surface area contributed by atoms with Crippen LogP contribution in [0.3, 0.4) is 0 Å². The van der Waals surface area contributed by atoms with Crippen LogP contribution in [0.25, 0.3) is 0 Å². The van der Waals surface area contributed by atoms with Crippen LogP contribution in [0, 0.1) is 13.8 Å². The first-order valence-corrected chi connectivity index (χ1v) is 9.20. The smallest absolute Gasteiger partial charge is 0.176 e. The second kappa shape index (κ2) is 8.08. The van der Waals surface area contributed by atoms with Crippen LogP contribution in [0.4, 0.5) is 11.5 Å². The Morgan fingerprint density at radius 1 is 1.08 bits per heavy atom. The van der Waals surface area contributed by atoms with Crippen molar-refractivity contribution in [1.82, 2.24) is 9.78 Å². The standard InChI is InChI=1S/C19H18Cl2N4S/c1-12-7-8-13(2)17(9-12)22-19(26)23-18-16(21)11-25(24-18)10-14-5-3-4-6-15(14)20/h3-9,11H,10H2,1-2H3,(H2,22,23,24,26). The molecule has 1 heterocycles. The molecule has 0 amide bonds. The summed E-state index contributed by atoms with van der Waals surface area (Å²) in [5.41, 5.74) is 4.18. The molecule has 0 saturated carbocycles. The number of anilines is 2. The van der Waals surface area contributed by atoms with Crippen molar-refractivity contribution in [2.75, 3.05) is 10.6 Å². The van der Waals surface area contributed by atoms with Crippen molar-refractivity contribution in [3.63, 3.8) is 0 Å². The van der Waals surface area contributed by atoms with E-state index in [0.29, 0.717) is 27.5 Å². The van der Waals surface area contributed by atoms with Gasteiger partial charge in [0, 0.05) is 16.9 Å². The van der Waals surface area contributed by atoms with Crippen molar-refractivity contribution in [2.45, 2.75) is 20.4 Å². The first kappa shape index (κ1) is 18.7. The van der Waals surface area contributed by atoms with Crippen LogP contribution in [0.15, 0.2) is 48.7 Å². The van der Waals surface area contributed by atoms with Gasteiger partial charge in [-0.1, -0.05) is 53.5 Å². The fraction of sp³-hybridized carbons (Fsp3) is 0.158. The lowest BCUT2D eigenvalue weighted by Gasteiger charge is -2.12. The molecule has 2 N–H and O–H groups in total. The number of halogens is 2. The molecule has 0 unspecified atom stereocenters. The quantitative estimate of drug-likeness (QED) is 0.550. The predicted molar refractivity (Wildman–Crippen MR) is 114 cm³/mol. The van der Waals surface area contributed by atoms with Gasteiger partial charge < -0.3 is 10.6 Å². The normalized spacial score (nSPS) is 10.6. The second-order valence-electron chi connectivity index (χ2n) is 6.01. The molecule has 3 rings (SSSR count). The number of rotatable bonds is 4. The summed E-state index contributed by atoms with van der Waals surface area (Å²) in [5, 5.41) is 12.3. The summed E-state index contributed by atoms with van der Waals surface area (Å²) in [6, 6.07) is 13.8. The number of thiocarbonyl (C=S) groups is 1. The van der Waals surface area contributed by atoms with E-state index < -0.39 is 0 Å². The number of nitrogens with zero attached hydrogens (tertiary/aromatic N) is 2. The molecule has 4 nitrogen and oxygen atoms in total. The fourth-order valence-corrected chi connectivity index (χ4v) is 3.10. The molecule has 0 radical (unpaired) electrons. The average molecular weight is 405 g/mol. The Balaban J connectivity index is 1.70. The van der Waals surface area contributed by atoms with Crippen LogP contribution < -0.4 is 10.6 Å². The van der Waals surface area contributed by atoms with Gasteiger partial charge in [-0.05, 0) is 54.9 Å². The van der Waals surface area contributed by atoms with Crippen molar-refractivity contribution in [3.8, 4) is 0 Å². The molecule has 0 fully saturated rings. The van der Waals surface area contributed by atoms with Gasteiger partial charge in [-0.25, -0.2) is 0 Å². The fourth-order valence-electron chi connectivity index (χ4n) is 2.50. The third kappa shape index (κ3) is 4.55. The summed E-state index contributed by atoms with van der Waals surface area (Å²) < 4.78 is 1.73. The highest BCUT2D eigenvalue weighted by Crippen LogP contribution is 2.23. The van der Waals surface area contributed by atoms with Gasteiger partial charge in [0.1, 0.15) is 5.02 Å². The minimum atomic E-state index is 0.434. The number of hydrogen-bond acceptors (Lipinski definition) is 2. The number of nitrogens with one attached hydrogen (secondary N) is 2. The summed E-state index contributed by atoms with van der Waals surface area (Å²) in [7, 11) is 0. The van der Waals surface area contributed by atoms with E-state index in [1.807, 2.05) is 50.2 Å². The van der Waals surface area contributed by atoms with E-state index in [2.05, 4.69) is 21.8 Å². The number of benzene rings is 2. The first-order valence-electron chi connectivity index (χ1n) is 8.04. The van der Waals surface area contributed by atoms with Crippen LogP contribution in [-0.2, 0) is 6.54 Å². The monoisotopic (exact) mass is 404 g/mol. The number of aromatic nitrogens is 2. The molecular weight excluding hydrogens is 387 g/mol. The largest absolute Gasteiger partial charge is 0.332 e. The second-order valence-corrected chi connectivity index (χ2v) is 7.23. The SMILES string of the molecule is Cc1ccc(C)c(NC(=S)Nc2nn(Cc3ccccc3Cl)cc2Cl)c1. The van der Waals surface area contributed by atoms with Gasteiger partial charge in [-0.2, -0.15) is 5.10 Å². The molecule has 3 aromatic rings. The maximum atomic E-state index is 6.29. The van der Waals surface area contributed by atoms with Gasteiger partial charge >= 0.3 is 0 Å². The molecule has 0 bridgehead atoms. The highest BCUT2D eigenvalue weighted by Gasteiger charge is 2.11. The Morgan fingerprint density at radius 3 is 2.62 bits per heavy atom. The van der Waals surface area contributed by atoms with Crippen molar-refractivity contribution in [3.05, 3.63) is 75.4 Å². The predicted octanol–water partition coefficient (Wildman–Crippen LogP) is 5.66. The van der Waals surface area contributed by atoms with Gasteiger partial charge in [0.25, 0.3) is 0 Å². The lowest BCUT2D eigenvalue weighted by Crippen LogP contribution is -2.20. The molecule has 0 atom stereocenters. The Morgan fingerprint density at radius 2 is 1.85 bits per heavy atom. The van der Waals surface area contributed by atoms with E-state index in [9.17, 15) is 0 Å². The third-order valence-electron chi connectivity index (χ3n) is 3.88.